The molecule has 5 heteroatoms. The van der Waals surface area contributed by atoms with E-state index in [0.717, 1.165) is 17.1 Å². The zero-order chi connectivity index (χ0) is 29.5. The molecule has 0 amide bonds. The Balaban J connectivity index is 0.00000368. The fourth-order valence-electron chi connectivity index (χ4n) is 6.46. The van der Waals surface area contributed by atoms with Crippen molar-refractivity contribution in [2.45, 2.75) is 53.4 Å². The summed E-state index contributed by atoms with van der Waals surface area (Å²) in [6.45, 7) is 13.7. The van der Waals surface area contributed by atoms with Gasteiger partial charge in [0.25, 0.3) is 0 Å². The van der Waals surface area contributed by atoms with Gasteiger partial charge in [0.2, 0.25) is 0 Å². The van der Waals surface area contributed by atoms with Crippen LogP contribution >= 0.6 is 0 Å². The van der Waals surface area contributed by atoms with Gasteiger partial charge in [-0.2, -0.15) is 0 Å². The van der Waals surface area contributed by atoms with Crippen molar-refractivity contribution in [1.29, 1.82) is 0 Å². The molecule has 0 atom stereocenters. The summed E-state index contributed by atoms with van der Waals surface area (Å²) < 4.78 is 2.48. The van der Waals surface area contributed by atoms with Crippen LogP contribution in [0.5, 0.6) is 0 Å². The molecule has 0 spiro atoms. The van der Waals surface area contributed by atoms with Gasteiger partial charge >= 0.3 is 6.85 Å². The van der Waals surface area contributed by atoms with E-state index in [9.17, 15) is 0 Å². The molecular weight excluding hydrogens is 701 g/mol. The molecule has 6 rings (SSSR count). The van der Waals surface area contributed by atoms with Gasteiger partial charge in [-0.1, -0.05) is 87.4 Å². The number of imidazole rings is 1. The van der Waals surface area contributed by atoms with Crippen LogP contribution in [0.1, 0.15) is 67.5 Å². The van der Waals surface area contributed by atoms with Crippen LogP contribution < -0.4 is 11.1 Å². The Labute approximate surface area is 271 Å². The number of fused-ring (bicyclic) bond motifs is 1. The molecule has 43 heavy (non-hydrogen) atoms. The first kappa shape index (κ1) is 30.8. The summed E-state index contributed by atoms with van der Waals surface area (Å²) in [5, 5.41) is 0. The molecular formula is C38H39BIrN3-. The monoisotopic (exact) mass is 741 g/mol. The third-order valence-corrected chi connectivity index (χ3v) is 8.58. The molecule has 0 saturated heterocycles. The van der Waals surface area contributed by atoms with Gasteiger partial charge in [0, 0.05) is 31.4 Å². The van der Waals surface area contributed by atoms with Crippen LogP contribution in [-0.4, -0.2) is 28.3 Å². The largest absolute Gasteiger partial charge is 0.414 e. The van der Waals surface area contributed by atoms with E-state index in [-0.39, 0.29) is 27.0 Å². The molecule has 5 aromatic rings. The van der Waals surface area contributed by atoms with Crippen molar-refractivity contribution < 1.29 is 20.1 Å². The molecule has 4 aromatic carbocycles. The second kappa shape index (κ2) is 12.5. The number of hydrogen-bond donors (Lipinski definition) is 0. The third-order valence-electron chi connectivity index (χ3n) is 8.58. The van der Waals surface area contributed by atoms with E-state index in [1.807, 2.05) is 12.1 Å². The van der Waals surface area contributed by atoms with Gasteiger partial charge in [0.1, 0.15) is 0 Å². The summed E-state index contributed by atoms with van der Waals surface area (Å²) in [7, 11) is 2.19. The van der Waals surface area contributed by atoms with Gasteiger partial charge in [0.15, 0.2) is 0 Å². The van der Waals surface area contributed by atoms with Crippen LogP contribution in [-0.2, 0) is 20.1 Å². The predicted molar refractivity (Wildman–Crippen MR) is 179 cm³/mol. The van der Waals surface area contributed by atoms with E-state index >= 15 is 0 Å². The van der Waals surface area contributed by atoms with Gasteiger partial charge in [-0.3, -0.25) is 4.98 Å². The van der Waals surface area contributed by atoms with Gasteiger partial charge in [-0.25, -0.2) is 0 Å². The number of benzene rings is 4. The number of hydrogen-bond acceptors (Lipinski definition) is 2. The van der Waals surface area contributed by atoms with Crippen LogP contribution in [0, 0.1) is 19.9 Å². The maximum atomic E-state index is 5.37. The van der Waals surface area contributed by atoms with E-state index in [0.29, 0.717) is 11.8 Å². The normalized spacial score (nSPS) is 12.6. The minimum Gasteiger partial charge on any atom is -0.414 e. The molecule has 0 bridgehead atoms. The second-order valence-corrected chi connectivity index (χ2v) is 12.2. The summed E-state index contributed by atoms with van der Waals surface area (Å²) >= 11 is 0. The van der Waals surface area contributed by atoms with Gasteiger partial charge in [-0.05, 0) is 84.9 Å². The molecule has 3 nitrogen and oxygen atoms in total. The molecule has 0 saturated carbocycles. The fraction of sp³-hybridized carbons (Fsp3) is 0.237. The van der Waals surface area contributed by atoms with E-state index in [1.165, 1.54) is 50.1 Å². The maximum Gasteiger partial charge on any atom is 0.342 e. The zero-order valence-electron chi connectivity index (χ0n) is 26.1. The third kappa shape index (κ3) is 5.57. The molecule has 0 aliphatic carbocycles. The van der Waals surface area contributed by atoms with Crippen LogP contribution in [0.15, 0.2) is 91.1 Å². The Morgan fingerprint density at radius 3 is 1.98 bits per heavy atom. The zero-order valence-corrected chi connectivity index (χ0v) is 28.5. The first-order valence-electron chi connectivity index (χ1n) is 15.1. The summed E-state index contributed by atoms with van der Waals surface area (Å²) in [4.78, 5) is 7.71. The summed E-state index contributed by atoms with van der Waals surface area (Å²) in [5.74, 6) is 1.55. The smallest absolute Gasteiger partial charge is 0.342 e. The van der Waals surface area contributed by atoms with E-state index in [4.69, 9.17) is 4.98 Å². The fourth-order valence-corrected chi connectivity index (χ4v) is 6.46. The Morgan fingerprint density at radius 1 is 0.767 bits per heavy atom. The molecule has 1 aliphatic rings. The van der Waals surface area contributed by atoms with Crippen molar-refractivity contribution in [2.24, 2.45) is 0 Å². The average molecular weight is 741 g/mol. The van der Waals surface area contributed by atoms with E-state index < -0.39 is 0 Å². The number of aryl methyl sites for hydroxylation is 2. The van der Waals surface area contributed by atoms with Crippen LogP contribution in [0.2, 0.25) is 0 Å². The predicted octanol–water partition coefficient (Wildman–Crippen LogP) is 7.89. The Kier molecular flexibility index (Phi) is 8.97. The minimum absolute atomic E-state index is 0. The van der Waals surface area contributed by atoms with Crippen molar-refractivity contribution in [3.8, 4) is 28.2 Å². The molecule has 1 radical (unpaired) electrons. The molecule has 1 aliphatic heterocycles. The second-order valence-electron chi connectivity index (χ2n) is 12.2. The molecule has 2 heterocycles. The molecule has 0 N–H and O–H groups in total. The standard InChI is InChI=1S/C38H39BN3.Ir/c1-25(2)32-23-31(29-17-10-8-11-18-29)24-33(26(3)4)36(32)42-37-34(40-38(42)30-19-12-9-13-20-30)21-22-41(7)39(37)35-27(5)15-14-16-28(35)6;/h8-19,21-26H,1-7H3;/q-1;. The van der Waals surface area contributed by atoms with Gasteiger partial charge < -0.3 is 9.38 Å². The Morgan fingerprint density at radius 2 is 1.40 bits per heavy atom. The molecule has 0 unspecified atom stereocenters. The summed E-state index contributed by atoms with van der Waals surface area (Å²) in [6, 6.07) is 33.9. The number of rotatable bonds is 6. The van der Waals surface area contributed by atoms with Gasteiger partial charge in [0.05, 0.1) is 11.5 Å². The number of nitrogens with zero attached hydrogens (tertiary/aromatic N) is 3. The van der Waals surface area contributed by atoms with Gasteiger partial charge in [-0.15, -0.1) is 35.9 Å². The SMILES string of the molecule is Cc1cccc(C)c1B1c2c(nc(-c3[c-]cccc3)n2-c2c(C(C)C)cc(-c3ccccc3)cc2C(C)C)C=CN1C.[Ir]. The van der Waals surface area contributed by atoms with Crippen molar-refractivity contribution in [2.75, 3.05) is 7.05 Å². The van der Waals surface area contributed by atoms with Crippen molar-refractivity contribution in [3.63, 3.8) is 0 Å². The van der Waals surface area contributed by atoms with E-state index in [1.54, 1.807) is 0 Å². The Hall–Kier alpha value is -3.66. The molecule has 219 valence electrons. The summed E-state index contributed by atoms with van der Waals surface area (Å²) in [6.07, 6.45) is 4.35. The average Bonchev–Trinajstić information content (AvgIpc) is 3.37. The minimum atomic E-state index is 0. The van der Waals surface area contributed by atoms with Crippen LogP contribution in [0.3, 0.4) is 0 Å². The van der Waals surface area contributed by atoms with Crippen LogP contribution in [0.25, 0.3) is 34.3 Å². The van der Waals surface area contributed by atoms with Crippen molar-refractivity contribution in [3.05, 3.63) is 125 Å². The van der Waals surface area contributed by atoms with Crippen molar-refractivity contribution in [1.82, 2.24) is 14.4 Å². The first-order chi connectivity index (χ1) is 20.3. The van der Waals surface area contributed by atoms with Crippen molar-refractivity contribution >= 4 is 24.0 Å². The maximum absolute atomic E-state index is 5.37. The van der Waals surface area contributed by atoms with Crippen LogP contribution in [0.4, 0.5) is 0 Å². The topological polar surface area (TPSA) is 21.1 Å². The molecule has 0 fully saturated rings. The first-order valence-corrected chi connectivity index (χ1v) is 15.1. The Bertz CT molecular complexity index is 1720. The molecule has 1 aromatic heterocycles. The number of aromatic nitrogens is 2. The summed E-state index contributed by atoms with van der Waals surface area (Å²) in [5.41, 5.74) is 13.6. The quantitative estimate of drug-likeness (QED) is 0.131. The van der Waals surface area contributed by atoms with E-state index in [2.05, 4.69) is 149 Å².